The SMILES string of the molecule is CCc1cc2c(CN(C)Cc3cccc(F)c3)cc(=O)oc2cc1O. The minimum absolute atomic E-state index is 0.128. The van der Waals surface area contributed by atoms with Gasteiger partial charge < -0.3 is 9.52 Å². The third kappa shape index (κ3) is 3.88. The van der Waals surface area contributed by atoms with Crippen molar-refractivity contribution in [3.8, 4) is 5.75 Å². The van der Waals surface area contributed by atoms with Gasteiger partial charge in [0.05, 0.1) is 0 Å². The summed E-state index contributed by atoms with van der Waals surface area (Å²) in [7, 11) is 1.91. The molecule has 0 saturated carbocycles. The fraction of sp³-hybridized carbons (Fsp3) is 0.250. The molecule has 0 radical (unpaired) electrons. The van der Waals surface area contributed by atoms with E-state index in [2.05, 4.69) is 0 Å². The summed E-state index contributed by atoms with van der Waals surface area (Å²) < 4.78 is 18.5. The Morgan fingerprint density at radius 3 is 2.64 bits per heavy atom. The van der Waals surface area contributed by atoms with Crippen LogP contribution in [0.15, 0.2) is 51.7 Å². The zero-order valence-electron chi connectivity index (χ0n) is 14.3. The van der Waals surface area contributed by atoms with Gasteiger partial charge in [-0.05, 0) is 48.4 Å². The van der Waals surface area contributed by atoms with Crippen LogP contribution < -0.4 is 5.63 Å². The van der Waals surface area contributed by atoms with E-state index in [1.54, 1.807) is 6.07 Å². The van der Waals surface area contributed by atoms with E-state index in [9.17, 15) is 14.3 Å². The Morgan fingerprint density at radius 2 is 1.92 bits per heavy atom. The van der Waals surface area contributed by atoms with Crippen molar-refractivity contribution in [2.75, 3.05) is 7.05 Å². The van der Waals surface area contributed by atoms with Crippen LogP contribution in [0.25, 0.3) is 11.0 Å². The van der Waals surface area contributed by atoms with E-state index < -0.39 is 5.63 Å². The molecule has 3 rings (SSSR count). The summed E-state index contributed by atoms with van der Waals surface area (Å²) >= 11 is 0. The molecule has 1 N–H and O–H groups in total. The number of hydrogen-bond acceptors (Lipinski definition) is 4. The molecule has 3 aromatic rings. The van der Waals surface area contributed by atoms with E-state index >= 15 is 0 Å². The van der Waals surface area contributed by atoms with Gasteiger partial charge in [-0.15, -0.1) is 0 Å². The van der Waals surface area contributed by atoms with Gasteiger partial charge in [0, 0.05) is 30.6 Å². The summed E-state index contributed by atoms with van der Waals surface area (Å²) in [6.45, 7) is 3.01. The molecule has 0 amide bonds. The molecule has 0 fully saturated rings. The molecule has 5 heteroatoms. The van der Waals surface area contributed by atoms with Gasteiger partial charge in [0.15, 0.2) is 0 Å². The molecule has 0 aliphatic carbocycles. The van der Waals surface area contributed by atoms with Crippen LogP contribution in [-0.4, -0.2) is 17.1 Å². The van der Waals surface area contributed by atoms with Crippen LogP contribution in [0.5, 0.6) is 5.75 Å². The molecular weight excluding hydrogens is 321 g/mol. The van der Waals surface area contributed by atoms with Crippen LogP contribution in [0.2, 0.25) is 0 Å². The third-order valence-corrected chi connectivity index (χ3v) is 4.19. The van der Waals surface area contributed by atoms with Crippen LogP contribution in [-0.2, 0) is 19.5 Å². The van der Waals surface area contributed by atoms with E-state index in [-0.39, 0.29) is 11.6 Å². The maximum atomic E-state index is 13.3. The van der Waals surface area contributed by atoms with E-state index in [4.69, 9.17) is 4.42 Å². The summed E-state index contributed by atoms with van der Waals surface area (Å²) in [4.78, 5) is 13.8. The molecule has 1 heterocycles. The highest BCUT2D eigenvalue weighted by Crippen LogP contribution is 2.27. The average Bonchev–Trinajstić information content (AvgIpc) is 2.54. The quantitative estimate of drug-likeness (QED) is 0.717. The highest BCUT2D eigenvalue weighted by molar-refractivity contribution is 5.82. The van der Waals surface area contributed by atoms with Gasteiger partial charge in [-0.2, -0.15) is 0 Å². The molecule has 0 spiro atoms. The fourth-order valence-electron chi connectivity index (χ4n) is 3.01. The number of nitrogens with zero attached hydrogens (tertiary/aromatic N) is 1. The first kappa shape index (κ1) is 17.2. The van der Waals surface area contributed by atoms with Crippen molar-refractivity contribution in [2.24, 2.45) is 0 Å². The summed E-state index contributed by atoms with van der Waals surface area (Å²) in [5.74, 6) is -0.136. The third-order valence-electron chi connectivity index (χ3n) is 4.19. The van der Waals surface area contributed by atoms with Crippen molar-refractivity contribution in [3.05, 3.63) is 75.4 Å². The minimum Gasteiger partial charge on any atom is -0.508 e. The maximum absolute atomic E-state index is 13.3. The first-order chi connectivity index (χ1) is 12.0. The molecule has 1 aromatic heterocycles. The predicted octanol–water partition coefficient (Wildman–Crippen LogP) is 3.83. The number of halogens is 1. The van der Waals surface area contributed by atoms with Crippen LogP contribution in [0, 0.1) is 5.82 Å². The lowest BCUT2D eigenvalue weighted by Gasteiger charge is -2.18. The largest absolute Gasteiger partial charge is 0.508 e. The summed E-state index contributed by atoms with van der Waals surface area (Å²) in [5, 5.41) is 10.8. The molecule has 0 atom stereocenters. The van der Waals surface area contributed by atoms with Gasteiger partial charge in [-0.3, -0.25) is 4.90 Å². The van der Waals surface area contributed by atoms with Gasteiger partial charge in [0.1, 0.15) is 17.1 Å². The summed E-state index contributed by atoms with van der Waals surface area (Å²) in [6.07, 6.45) is 0.680. The van der Waals surface area contributed by atoms with Crippen molar-refractivity contribution in [1.82, 2.24) is 4.90 Å². The number of aromatic hydroxyl groups is 1. The molecule has 0 saturated heterocycles. The van der Waals surface area contributed by atoms with Crippen LogP contribution >= 0.6 is 0 Å². The van der Waals surface area contributed by atoms with E-state index in [0.717, 1.165) is 22.1 Å². The second kappa shape index (κ2) is 7.07. The van der Waals surface area contributed by atoms with Crippen LogP contribution in [0.4, 0.5) is 4.39 Å². The highest BCUT2D eigenvalue weighted by atomic mass is 19.1. The molecule has 4 nitrogen and oxygen atoms in total. The Kier molecular flexibility index (Phi) is 4.86. The standard InChI is InChI=1S/C20H20FNO3/c1-3-14-8-17-15(9-20(24)25-19(17)10-18(14)23)12-22(2)11-13-5-4-6-16(21)7-13/h4-10,23H,3,11-12H2,1-2H3. The van der Waals surface area contributed by atoms with Gasteiger partial charge in [-0.1, -0.05) is 19.1 Å². The number of hydrogen-bond donors (Lipinski definition) is 1. The number of aryl methyl sites for hydroxylation is 1. The van der Waals surface area contributed by atoms with E-state index in [1.807, 2.05) is 31.0 Å². The van der Waals surface area contributed by atoms with Crippen molar-refractivity contribution < 1.29 is 13.9 Å². The van der Waals surface area contributed by atoms with Crippen LogP contribution in [0.3, 0.4) is 0 Å². The molecule has 0 bridgehead atoms. The lowest BCUT2D eigenvalue weighted by molar-refractivity contribution is 0.319. The van der Waals surface area contributed by atoms with Gasteiger partial charge in [0.2, 0.25) is 0 Å². The van der Waals surface area contributed by atoms with Gasteiger partial charge >= 0.3 is 5.63 Å². The molecule has 130 valence electrons. The van der Waals surface area contributed by atoms with Gasteiger partial charge in [-0.25, -0.2) is 9.18 Å². The number of phenolic OH excluding ortho intramolecular Hbond substituents is 1. The maximum Gasteiger partial charge on any atom is 0.336 e. The number of benzene rings is 2. The molecule has 0 aliphatic heterocycles. The molecule has 0 aliphatic rings. The number of phenols is 1. The second-order valence-corrected chi connectivity index (χ2v) is 6.22. The normalized spacial score (nSPS) is 11.4. The Hall–Kier alpha value is -2.66. The first-order valence-electron chi connectivity index (χ1n) is 8.18. The second-order valence-electron chi connectivity index (χ2n) is 6.22. The topological polar surface area (TPSA) is 53.7 Å². The van der Waals surface area contributed by atoms with Crippen molar-refractivity contribution >= 4 is 11.0 Å². The Bertz CT molecular complexity index is 965. The predicted molar refractivity (Wildman–Crippen MR) is 95.1 cm³/mol. The van der Waals surface area contributed by atoms with E-state index in [1.165, 1.54) is 24.3 Å². The van der Waals surface area contributed by atoms with Crippen molar-refractivity contribution in [3.63, 3.8) is 0 Å². The lowest BCUT2D eigenvalue weighted by Crippen LogP contribution is -2.18. The Labute approximate surface area is 145 Å². The summed E-state index contributed by atoms with van der Waals surface area (Å²) in [6, 6.07) is 11.3. The zero-order chi connectivity index (χ0) is 18.0. The number of fused-ring (bicyclic) bond motifs is 1. The highest BCUT2D eigenvalue weighted by Gasteiger charge is 2.12. The summed E-state index contributed by atoms with van der Waals surface area (Å²) in [5.41, 5.74) is 2.40. The molecular formula is C20H20FNO3. The Morgan fingerprint density at radius 1 is 1.12 bits per heavy atom. The van der Waals surface area contributed by atoms with Gasteiger partial charge in [0.25, 0.3) is 0 Å². The van der Waals surface area contributed by atoms with Crippen molar-refractivity contribution in [2.45, 2.75) is 26.4 Å². The Balaban J connectivity index is 1.93. The zero-order valence-corrected chi connectivity index (χ0v) is 14.3. The smallest absolute Gasteiger partial charge is 0.336 e. The molecule has 0 unspecified atom stereocenters. The average molecular weight is 341 g/mol. The first-order valence-corrected chi connectivity index (χ1v) is 8.18. The fourth-order valence-corrected chi connectivity index (χ4v) is 3.01. The van der Waals surface area contributed by atoms with E-state index in [0.29, 0.717) is 25.1 Å². The minimum atomic E-state index is -0.453. The molecule has 25 heavy (non-hydrogen) atoms. The van der Waals surface area contributed by atoms with Crippen LogP contribution in [0.1, 0.15) is 23.6 Å². The molecule has 2 aromatic carbocycles. The van der Waals surface area contributed by atoms with Crippen molar-refractivity contribution in [1.29, 1.82) is 0 Å². The number of rotatable bonds is 5. The monoisotopic (exact) mass is 341 g/mol. The lowest BCUT2D eigenvalue weighted by atomic mass is 10.0.